The minimum atomic E-state index is -0.642. The number of hydrogen-bond donors (Lipinski definition) is 2. The minimum Gasteiger partial charge on any atom is -0.491 e. The van der Waals surface area contributed by atoms with E-state index in [9.17, 15) is 4.79 Å². The van der Waals surface area contributed by atoms with Gasteiger partial charge in [0.25, 0.3) is 5.91 Å². The Bertz CT molecular complexity index is 1200. The summed E-state index contributed by atoms with van der Waals surface area (Å²) in [5.74, 6) is -0.114. The van der Waals surface area contributed by atoms with Crippen molar-refractivity contribution in [3.63, 3.8) is 0 Å². The van der Waals surface area contributed by atoms with Gasteiger partial charge in [-0.25, -0.2) is 19.3 Å². The fraction of sp³-hybridized carbons (Fsp3) is 0.462. The first-order valence-electron chi connectivity index (χ1n) is 12.0. The van der Waals surface area contributed by atoms with Gasteiger partial charge in [-0.2, -0.15) is 0 Å². The first kappa shape index (κ1) is 26.1. The number of carbonyl (C=O) groups is 1. The third-order valence-corrected chi connectivity index (χ3v) is 6.72. The van der Waals surface area contributed by atoms with Gasteiger partial charge in [0.1, 0.15) is 35.1 Å². The largest absolute Gasteiger partial charge is 0.491 e. The molecule has 0 spiro atoms. The molecule has 2 N–H and O–H groups in total. The first-order chi connectivity index (χ1) is 17.1. The number of thiazole rings is 1. The summed E-state index contributed by atoms with van der Waals surface area (Å²) in [4.78, 5) is 27.3. The second-order valence-corrected chi connectivity index (χ2v) is 11.1. The Hall–Kier alpha value is -2.95. The van der Waals surface area contributed by atoms with Crippen LogP contribution in [-0.4, -0.2) is 53.3 Å². The van der Waals surface area contributed by atoms with E-state index in [1.807, 2.05) is 34.6 Å². The van der Waals surface area contributed by atoms with Gasteiger partial charge in [-0.3, -0.25) is 4.79 Å². The molecule has 8 nitrogen and oxygen atoms in total. The lowest BCUT2D eigenvalue weighted by atomic mass is 9.95. The Balaban J connectivity index is 1.57. The number of amides is 1. The molecule has 1 aromatic carbocycles. The Morgan fingerprint density at radius 2 is 2.03 bits per heavy atom. The number of nitrogens with one attached hydrogen (secondary N) is 2. The summed E-state index contributed by atoms with van der Waals surface area (Å²) in [6.07, 6.45) is 4.94. The van der Waals surface area contributed by atoms with E-state index in [0.717, 1.165) is 17.0 Å². The molecule has 1 amide bonds. The van der Waals surface area contributed by atoms with Crippen molar-refractivity contribution in [2.24, 2.45) is 0 Å². The Labute approximate surface area is 214 Å². The van der Waals surface area contributed by atoms with Gasteiger partial charge in [0, 0.05) is 47.5 Å². The summed E-state index contributed by atoms with van der Waals surface area (Å²) in [5.41, 5.74) is 0.653. The summed E-state index contributed by atoms with van der Waals surface area (Å²) >= 11 is 1.35. The number of aromatic nitrogens is 3. The standard InChI is InChI=1S/C26H32FN5O3S/c1-15-10-29-24(36-15)21-9-18(35-14-19-13-28-6-7-34-19)8-20(22(21)27)23(33)32-16(2)17-11-30-25(31-12-17)26(3,4)5/h8-12,16,19,28H,6-7,13-14H2,1-5H3,(H,32,33)/t16-,19-/m1/s1. The lowest BCUT2D eigenvalue weighted by molar-refractivity contribution is 0.000182. The number of nitrogens with zero attached hydrogens (tertiary/aromatic N) is 3. The molecule has 0 bridgehead atoms. The molecular weight excluding hydrogens is 481 g/mol. The van der Waals surface area contributed by atoms with E-state index in [0.29, 0.717) is 29.7 Å². The third-order valence-electron chi connectivity index (χ3n) is 5.77. The molecule has 0 aliphatic carbocycles. The smallest absolute Gasteiger partial charge is 0.254 e. The van der Waals surface area contributed by atoms with Crippen LogP contribution in [0.4, 0.5) is 4.39 Å². The molecule has 36 heavy (non-hydrogen) atoms. The zero-order valence-electron chi connectivity index (χ0n) is 21.2. The number of ether oxygens (including phenoxy) is 2. The van der Waals surface area contributed by atoms with Crippen molar-refractivity contribution in [2.75, 3.05) is 26.3 Å². The monoisotopic (exact) mass is 513 g/mol. The molecule has 3 heterocycles. The van der Waals surface area contributed by atoms with Gasteiger partial charge >= 0.3 is 0 Å². The number of rotatable bonds is 7. The number of hydrogen-bond acceptors (Lipinski definition) is 8. The molecular formula is C26H32FN5O3S. The third kappa shape index (κ3) is 6.24. The van der Waals surface area contributed by atoms with Crippen molar-refractivity contribution in [3.8, 4) is 16.3 Å². The Morgan fingerprint density at radius 1 is 1.28 bits per heavy atom. The van der Waals surface area contributed by atoms with Crippen LogP contribution in [0.5, 0.6) is 5.75 Å². The maximum absolute atomic E-state index is 15.6. The van der Waals surface area contributed by atoms with Crippen molar-refractivity contribution in [3.05, 3.63) is 58.4 Å². The Kier molecular flexibility index (Phi) is 7.97. The van der Waals surface area contributed by atoms with Crippen molar-refractivity contribution in [1.29, 1.82) is 0 Å². The van der Waals surface area contributed by atoms with Crippen LogP contribution < -0.4 is 15.4 Å². The van der Waals surface area contributed by atoms with Gasteiger partial charge < -0.3 is 20.1 Å². The van der Waals surface area contributed by atoms with Crippen LogP contribution in [0.3, 0.4) is 0 Å². The van der Waals surface area contributed by atoms with Crippen LogP contribution in [0.25, 0.3) is 10.6 Å². The van der Waals surface area contributed by atoms with Crippen molar-refractivity contribution >= 4 is 17.2 Å². The average Bonchev–Trinajstić information content (AvgIpc) is 3.29. The Morgan fingerprint density at radius 3 is 2.64 bits per heavy atom. The van der Waals surface area contributed by atoms with Crippen molar-refractivity contribution < 1.29 is 18.7 Å². The second kappa shape index (κ2) is 11.0. The van der Waals surface area contributed by atoms with Crippen molar-refractivity contribution in [2.45, 2.75) is 52.2 Å². The fourth-order valence-electron chi connectivity index (χ4n) is 3.70. The highest BCUT2D eigenvalue weighted by Crippen LogP contribution is 2.33. The van der Waals surface area contributed by atoms with Crippen LogP contribution in [-0.2, 0) is 10.2 Å². The van der Waals surface area contributed by atoms with Crippen molar-refractivity contribution in [1.82, 2.24) is 25.6 Å². The van der Waals surface area contributed by atoms with Crippen LogP contribution in [0.15, 0.2) is 30.7 Å². The second-order valence-electron chi connectivity index (χ2n) is 9.90. The van der Waals surface area contributed by atoms with Gasteiger partial charge in [0.05, 0.1) is 23.8 Å². The SMILES string of the molecule is Cc1cnc(-c2cc(OC[C@H]3CNCCO3)cc(C(=O)N[C@H](C)c3cnc(C(C)(C)C)nc3)c2F)s1. The van der Waals surface area contributed by atoms with E-state index >= 15 is 4.39 Å². The average molecular weight is 514 g/mol. The highest BCUT2D eigenvalue weighted by Gasteiger charge is 2.24. The molecule has 1 fully saturated rings. The maximum atomic E-state index is 15.6. The topological polar surface area (TPSA) is 98.3 Å². The highest BCUT2D eigenvalue weighted by molar-refractivity contribution is 7.14. The quantitative estimate of drug-likeness (QED) is 0.489. The van der Waals surface area contributed by atoms with E-state index in [-0.39, 0.29) is 29.3 Å². The fourth-order valence-corrected chi connectivity index (χ4v) is 4.48. The summed E-state index contributed by atoms with van der Waals surface area (Å²) < 4.78 is 27.2. The molecule has 2 atom stereocenters. The van der Waals surface area contributed by atoms with Gasteiger partial charge in [-0.1, -0.05) is 20.8 Å². The zero-order valence-corrected chi connectivity index (χ0v) is 22.0. The highest BCUT2D eigenvalue weighted by atomic mass is 32.1. The van der Waals surface area contributed by atoms with Gasteiger partial charge in [0.15, 0.2) is 0 Å². The van der Waals surface area contributed by atoms with E-state index in [2.05, 4.69) is 25.6 Å². The number of halogens is 1. The molecule has 1 aliphatic rings. The van der Waals surface area contributed by atoms with Gasteiger partial charge in [0.2, 0.25) is 0 Å². The summed E-state index contributed by atoms with van der Waals surface area (Å²) in [7, 11) is 0. The number of benzene rings is 1. The molecule has 4 rings (SSSR count). The van der Waals surface area contributed by atoms with Gasteiger partial charge in [-0.15, -0.1) is 11.3 Å². The van der Waals surface area contributed by atoms with Crippen LogP contribution in [0, 0.1) is 12.7 Å². The lowest BCUT2D eigenvalue weighted by Gasteiger charge is -2.24. The van der Waals surface area contributed by atoms with Crippen LogP contribution >= 0.6 is 11.3 Å². The lowest BCUT2D eigenvalue weighted by Crippen LogP contribution is -2.41. The van der Waals surface area contributed by atoms with Crippen LogP contribution in [0.2, 0.25) is 0 Å². The normalized spacial score (nSPS) is 17.0. The number of aryl methyl sites for hydroxylation is 1. The molecule has 192 valence electrons. The zero-order chi connectivity index (χ0) is 25.9. The molecule has 10 heteroatoms. The van der Waals surface area contributed by atoms with E-state index in [1.165, 1.54) is 17.4 Å². The predicted octanol–water partition coefficient (Wildman–Crippen LogP) is 4.20. The molecule has 0 unspecified atom stereocenters. The van der Waals surface area contributed by atoms with Crippen LogP contribution in [0.1, 0.15) is 60.4 Å². The van der Waals surface area contributed by atoms with Gasteiger partial charge in [-0.05, 0) is 26.0 Å². The first-order valence-corrected chi connectivity index (χ1v) is 12.8. The molecule has 1 aliphatic heterocycles. The molecule has 0 radical (unpaired) electrons. The van der Waals surface area contributed by atoms with E-state index in [4.69, 9.17) is 9.47 Å². The molecule has 0 saturated carbocycles. The summed E-state index contributed by atoms with van der Waals surface area (Å²) in [6.45, 7) is 12.2. The molecule has 1 saturated heterocycles. The number of carbonyl (C=O) groups excluding carboxylic acids is 1. The molecule has 3 aromatic rings. The maximum Gasteiger partial charge on any atom is 0.254 e. The summed E-state index contributed by atoms with van der Waals surface area (Å²) in [6, 6.07) is 2.59. The van der Waals surface area contributed by atoms with E-state index < -0.39 is 17.8 Å². The summed E-state index contributed by atoms with van der Waals surface area (Å²) in [5, 5.41) is 6.60. The minimum absolute atomic E-state index is 0.114. The number of morpholine rings is 1. The van der Waals surface area contributed by atoms with E-state index in [1.54, 1.807) is 24.7 Å². The predicted molar refractivity (Wildman–Crippen MR) is 137 cm³/mol. The molecule has 2 aromatic heterocycles.